The lowest BCUT2D eigenvalue weighted by Crippen LogP contribution is -2.27. The highest BCUT2D eigenvalue weighted by Gasteiger charge is 2.23. The van der Waals surface area contributed by atoms with Crippen molar-refractivity contribution in [3.05, 3.63) is 33.9 Å². The van der Waals surface area contributed by atoms with Gasteiger partial charge in [0.05, 0.1) is 4.92 Å². The van der Waals surface area contributed by atoms with Crippen molar-refractivity contribution in [2.75, 3.05) is 27.2 Å². The van der Waals surface area contributed by atoms with Crippen LogP contribution in [-0.4, -0.2) is 48.0 Å². The first-order valence-corrected chi connectivity index (χ1v) is 5.82. The monoisotopic (exact) mass is 303 g/mol. The molecule has 0 unspecified atom stereocenters. The first-order chi connectivity index (χ1) is 8.93. The highest BCUT2D eigenvalue weighted by Crippen LogP contribution is 2.29. The van der Waals surface area contributed by atoms with Crippen molar-refractivity contribution >= 4 is 24.0 Å². The van der Waals surface area contributed by atoms with Crippen LogP contribution < -0.4 is 5.32 Å². The summed E-state index contributed by atoms with van der Waals surface area (Å²) in [6.45, 7) is 1.23. The van der Waals surface area contributed by atoms with Gasteiger partial charge >= 0.3 is 5.69 Å². The summed E-state index contributed by atoms with van der Waals surface area (Å²) < 4.78 is 0. The first kappa shape index (κ1) is 18.1. The van der Waals surface area contributed by atoms with Crippen molar-refractivity contribution in [1.82, 2.24) is 10.2 Å². The number of carbonyl (C=O) groups is 1. The molecule has 8 heteroatoms. The second kappa shape index (κ2) is 8.34. The molecule has 0 saturated carbocycles. The Hall–Kier alpha value is -1.86. The van der Waals surface area contributed by atoms with Gasteiger partial charge in [0.25, 0.3) is 5.91 Å². The second-order valence-electron chi connectivity index (χ2n) is 4.34. The zero-order valence-electron chi connectivity index (χ0n) is 11.3. The van der Waals surface area contributed by atoms with Crippen molar-refractivity contribution < 1.29 is 14.8 Å². The van der Waals surface area contributed by atoms with Gasteiger partial charge < -0.3 is 15.3 Å². The highest BCUT2D eigenvalue weighted by molar-refractivity contribution is 5.99. The lowest BCUT2D eigenvalue weighted by molar-refractivity contribution is -0.386. The Kier molecular flexibility index (Phi) is 7.56. The summed E-state index contributed by atoms with van der Waals surface area (Å²) >= 11 is 0. The van der Waals surface area contributed by atoms with Gasteiger partial charge in [0, 0.05) is 6.54 Å². The molecule has 1 aromatic carbocycles. The minimum atomic E-state index is -0.760. The average molecular weight is 304 g/mol. The first-order valence-electron chi connectivity index (χ1n) is 5.82. The molecular weight excluding hydrogens is 286 g/mol. The van der Waals surface area contributed by atoms with E-state index >= 15 is 0 Å². The largest absolute Gasteiger partial charge is 0.502 e. The maximum Gasteiger partial charge on any atom is 0.323 e. The quantitative estimate of drug-likeness (QED) is 0.470. The fraction of sp³-hybridized carbons (Fsp3) is 0.417. The van der Waals surface area contributed by atoms with Gasteiger partial charge in [-0.15, -0.1) is 12.4 Å². The number of aromatic hydroxyl groups is 1. The van der Waals surface area contributed by atoms with Crippen LogP contribution in [0.3, 0.4) is 0 Å². The number of nitrogens with zero attached hydrogens (tertiary/aromatic N) is 2. The van der Waals surface area contributed by atoms with E-state index < -0.39 is 22.3 Å². The zero-order valence-corrected chi connectivity index (χ0v) is 12.1. The van der Waals surface area contributed by atoms with Gasteiger partial charge in [-0.2, -0.15) is 0 Å². The Morgan fingerprint density at radius 3 is 2.65 bits per heavy atom. The lowest BCUT2D eigenvalue weighted by Gasteiger charge is -2.10. The molecule has 0 atom stereocenters. The molecule has 7 nitrogen and oxygen atoms in total. The zero-order chi connectivity index (χ0) is 14.4. The molecule has 0 aromatic heterocycles. The molecule has 2 N–H and O–H groups in total. The normalized spacial score (nSPS) is 9.95. The van der Waals surface area contributed by atoms with Crippen LogP contribution in [0.5, 0.6) is 5.75 Å². The van der Waals surface area contributed by atoms with E-state index in [0.29, 0.717) is 6.54 Å². The molecule has 0 spiro atoms. The van der Waals surface area contributed by atoms with Crippen LogP contribution in [0.15, 0.2) is 18.2 Å². The molecule has 1 amide bonds. The fourth-order valence-electron chi connectivity index (χ4n) is 1.60. The molecule has 1 rings (SSSR count). The van der Waals surface area contributed by atoms with Gasteiger partial charge in [0.1, 0.15) is 5.56 Å². The number of halogens is 1. The van der Waals surface area contributed by atoms with Crippen molar-refractivity contribution in [3.63, 3.8) is 0 Å². The molecule has 20 heavy (non-hydrogen) atoms. The van der Waals surface area contributed by atoms with Gasteiger partial charge in [0.2, 0.25) is 0 Å². The highest BCUT2D eigenvalue weighted by atomic mass is 35.5. The average Bonchev–Trinajstić information content (AvgIpc) is 2.33. The molecule has 0 aliphatic heterocycles. The van der Waals surface area contributed by atoms with E-state index in [2.05, 4.69) is 5.32 Å². The van der Waals surface area contributed by atoms with E-state index in [4.69, 9.17) is 0 Å². The Morgan fingerprint density at radius 2 is 2.10 bits per heavy atom. The lowest BCUT2D eigenvalue weighted by atomic mass is 10.1. The van der Waals surface area contributed by atoms with E-state index in [1.807, 2.05) is 19.0 Å². The number of carbonyl (C=O) groups excluding carboxylic acids is 1. The molecule has 0 radical (unpaired) electrons. The molecule has 0 heterocycles. The number of nitro benzene ring substituents is 1. The Morgan fingerprint density at radius 1 is 1.45 bits per heavy atom. The Balaban J connectivity index is 0.00000361. The number of amides is 1. The van der Waals surface area contributed by atoms with Crippen molar-refractivity contribution in [1.29, 1.82) is 0 Å². The number of nitrogens with one attached hydrogen (secondary N) is 1. The summed E-state index contributed by atoms with van der Waals surface area (Å²) in [4.78, 5) is 23.9. The number of phenolic OH excluding ortho intramolecular Hbond substituents is 1. The van der Waals surface area contributed by atoms with Crippen LogP contribution in [0.4, 0.5) is 5.69 Å². The third-order valence-corrected chi connectivity index (χ3v) is 2.51. The molecule has 0 saturated heterocycles. The smallest absolute Gasteiger partial charge is 0.323 e. The van der Waals surface area contributed by atoms with Gasteiger partial charge in [-0.05, 0) is 39.2 Å². The number of benzene rings is 1. The number of nitro groups is 1. The van der Waals surface area contributed by atoms with Crippen LogP contribution in [0.25, 0.3) is 0 Å². The third kappa shape index (κ3) is 5.02. The Bertz CT molecular complexity index is 480. The molecule has 0 fully saturated rings. The standard InChI is InChI=1S/C12H17N3O4.ClH/c1-14(2)8-4-7-13-12(17)9-5-3-6-10(16)11(9)15(18)19;/h3,5-6,16H,4,7-8H2,1-2H3,(H,13,17);1H. The molecule has 112 valence electrons. The van der Waals surface area contributed by atoms with Crippen molar-refractivity contribution in [2.45, 2.75) is 6.42 Å². The van der Waals surface area contributed by atoms with E-state index in [9.17, 15) is 20.0 Å². The molecule has 0 aliphatic rings. The fourth-order valence-corrected chi connectivity index (χ4v) is 1.60. The van der Waals surface area contributed by atoms with Gasteiger partial charge in [-0.3, -0.25) is 14.9 Å². The third-order valence-electron chi connectivity index (χ3n) is 2.51. The predicted octanol–water partition coefficient (Wildman–Crippen LogP) is 1.40. The van der Waals surface area contributed by atoms with Crippen LogP contribution in [-0.2, 0) is 0 Å². The summed E-state index contributed by atoms with van der Waals surface area (Å²) in [6, 6.07) is 3.90. The predicted molar refractivity (Wildman–Crippen MR) is 77.5 cm³/mol. The molecule has 0 bridgehead atoms. The number of hydrogen-bond donors (Lipinski definition) is 2. The van der Waals surface area contributed by atoms with Crippen LogP contribution in [0, 0.1) is 10.1 Å². The topological polar surface area (TPSA) is 95.7 Å². The number of para-hydroxylation sites is 1. The summed E-state index contributed by atoms with van der Waals surface area (Å²) in [5.74, 6) is -1.06. The maximum atomic E-state index is 11.8. The van der Waals surface area contributed by atoms with Crippen molar-refractivity contribution in [2.24, 2.45) is 0 Å². The van der Waals surface area contributed by atoms with Gasteiger partial charge in [-0.1, -0.05) is 6.07 Å². The van der Waals surface area contributed by atoms with Crippen molar-refractivity contribution in [3.8, 4) is 5.75 Å². The van der Waals surface area contributed by atoms with E-state index in [1.165, 1.54) is 18.2 Å². The van der Waals surface area contributed by atoms with E-state index in [1.54, 1.807) is 0 Å². The summed E-state index contributed by atoms with van der Waals surface area (Å²) in [7, 11) is 3.84. The summed E-state index contributed by atoms with van der Waals surface area (Å²) in [6.07, 6.45) is 0.741. The summed E-state index contributed by atoms with van der Waals surface area (Å²) in [5, 5.41) is 22.8. The van der Waals surface area contributed by atoms with Crippen LogP contribution in [0.1, 0.15) is 16.8 Å². The van der Waals surface area contributed by atoms with E-state index in [-0.39, 0.29) is 18.0 Å². The van der Waals surface area contributed by atoms with Crippen LogP contribution >= 0.6 is 12.4 Å². The Labute approximate surface area is 123 Å². The second-order valence-corrected chi connectivity index (χ2v) is 4.34. The number of rotatable bonds is 6. The molecule has 1 aromatic rings. The van der Waals surface area contributed by atoms with E-state index in [0.717, 1.165) is 13.0 Å². The van der Waals surface area contributed by atoms with Crippen LogP contribution in [0.2, 0.25) is 0 Å². The molecular formula is C12H18ClN3O4. The number of hydrogen-bond acceptors (Lipinski definition) is 5. The number of phenols is 1. The van der Waals surface area contributed by atoms with Gasteiger partial charge in [0.15, 0.2) is 5.75 Å². The molecule has 0 aliphatic carbocycles. The van der Waals surface area contributed by atoms with Gasteiger partial charge in [-0.25, -0.2) is 0 Å². The maximum absolute atomic E-state index is 11.8. The minimum absolute atomic E-state index is 0. The SMILES string of the molecule is CN(C)CCCNC(=O)c1cccc(O)c1[N+](=O)[O-].Cl. The summed E-state index contributed by atoms with van der Waals surface area (Å²) in [5.41, 5.74) is -0.692. The minimum Gasteiger partial charge on any atom is -0.502 e.